The van der Waals surface area contributed by atoms with Crippen molar-refractivity contribution < 1.29 is 80.5 Å². The molecule has 0 spiro atoms. The molecule has 2 amide bonds. The SMILES string of the molecule is CCCCC/C=C\C/C=C\C/C=C\C/C=C\C=C\CC(=O)SCCNC(=O)CCNC(=O)[C@H](O)C(C)(C)COP(=O)([O-])OP(=O)([O-])OC[C@H]1O[C@@H](n2cnc3c(N)ncnc32)[C@H](O)[C@@H]1OP(=O)([O-])[O-]. The molecule has 0 aliphatic carbocycles. The first-order valence-corrected chi connectivity index (χ1v) is 27.2. The van der Waals surface area contributed by atoms with E-state index in [1.54, 1.807) is 12.2 Å². The fourth-order valence-corrected chi connectivity index (χ4v) is 9.46. The molecule has 0 saturated carbocycles. The highest BCUT2D eigenvalue weighted by molar-refractivity contribution is 8.13. The number of anilines is 1. The Morgan fingerprint density at radius 2 is 1.58 bits per heavy atom. The van der Waals surface area contributed by atoms with Crippen LogP contribution < -0.4 is 35.9 Å². The number of unbranched alkanes of at least 4 members (excludes halogenated alkanes) is 3. The molecule has 1 aliphatic heterocycles. The average Bonchev–Trinajstić information content (AvgIpc) is 3.84. The van der Waals surface area contributed by atoms with Crippen molar-refractivity contribution in [2.45, 2.75) is 109 Å². The molecule has 2 aromatic heterocycles. The third-order valence-corrected chi connectivity index (χ3v) is 13.6. The van der Waals surface area contributed by atoms with Gasteiger partial charge in [-0.15, -0.1) is 0 Å². The lowest BCUT2D eigenvalue weighted by Gasteiger charge is -2.36. The monoisotopic (exact) mass is 1050 g/mol. The zero-order valence-corrected chi connectivity index (χ0v) is 41.8. The number of phosphoric ester groups is 3. The van der Waals surface area contributed by atoms with E-state index in [-0.39, 0.29) is 48.0 Å². The van der Waals surface area contributed by atoms with Crippen LogP contribution >= 0.6 is 35.2 Å². The summed E-state index contributed by atoms with van der Waals surface area (Å²) < 4.78 is 60.8. The number of nitrogen functional groups attached to an aromatic ring is 1. The molecular formula is C41H60N7O17P3S-4. The Bertz CT molecular complexity index is 2270. The summed E-state index contributed by atoms with van der Waals surface area (Å²) in [6.07, 6.45) is 20.4. The molecule has 69 heavy (non-hydrogen) atoms. The number of carbonyl (C=O) groups is 3. The van der Waals surface area contributed by atoms with Gasteiger partial charge in [0.2, 0.25) is 11.8 Å². The standard InChI is InChI=1S/C41H64N7O17P3S/c1-4-5-6-7-8-9-10-11-12-13-14-15-16-17-18-19-20-21-32(50)69-25-24-43-31(49)22-23-44-39(53)36(52)41(2,3)27-62-68(59,60)65-67(57,58)61-26-30-35(64-66(54,55)56)34(51)40(63-30)48-29-47-33-37(42)45-28-46-38(33)48/h8-9,11-12,14-15,17-20,28-30,34-36,40,51-52H,4-7,10,13,16,21-27H2,1-3H3,(H,43,49)(H,44,53)(H,57,58)(H,59,60)(H2,42,45,46)(H2,54,55,56)/p-4/b9-8-,12-11-,15-14-,18-17-,20-19+/t30-,34-,35-,36+,40-/m1/s1. The molecule has 1 aliphatic rings. The molecule has 1 fully saturated rings. The molecule has 3 rings (SSSR count). The minimum atomic E-state index is -5.93. The lowest BCUT2D eigenvalue weighted by Crippen LogP contribution is -2.46. The van der Waals surface area contributed by atoms with E-state index in [4.69, 9.17) is 10.5 Å². The van der Waals surface area contributed by atoms with E-state index in [1.807, 2.05) is 12.2 Å². The number of aliphatic hydroxyl groups is 2. The van der Waals surface area contributed by atoms with E-state index in [2.05, 4.69) is 86.8 Å². The number of amides is 2. The van der Waals surface area contributed by atoms with Crippen LogP contribution in [0.4, 0.5) is 5.82 Å². The quantitative estimate of drug-likeness (QED) is 0.0303. The van der Waals surface area contributed by atoms with Crippen molar-refractivity contribution in [2.75, 3.05) is 37.8 Å². The molecule has 24 nitrogen and oxygen atoms in total. The minimum Gasteiger partial charge on any atom is -0.790 e. The molecular weight excluding hydrogens is 987 g/mol. The second-order valence-electron chi connectivity index (χ2n) is 15.9. The number of nitrogens with one attached hydrogen (secondary N) is 2. The van der Waals surface area contributed by atoms with E-state index in [0.717, 1.165) is 54.7 Å². The number of ether oxygens (including phenoxy) is 1. The Hall–Kier alpha value is -3.74. The van der Waals surface area contributed by atoms with Crippen molar-refractivity contribution in [2.24, 2.45) is 5.41 Å². The van der Waals surface area contributed by atoms with Gasteiger partial charge in [-0.3, -0.25) is 28.1 Å². The fraction of sp³-hybridized carbons (Fsp3) is 0.561. The second kappa shape index (κ2) is 29.6. The molecule has 2 aromatic rings. The zero-order valence-electron chi connectivity index (χ0n) is 38.3. The van der Waals surface area contributed by atoms with Crippen molar-refractivity contribution in [1.82, 2.24) is 30.2 Å². The van der Waals surface area contributed by atoms with Crippen LogP contribution in [-0.2, 0) is 50.7 Å². The van der Waals surface area contributed by atoms with Crippen molar-refractivity contribution in [3.8, 4) is 0 Å². The summed E-state index contributed by atoms with van der Waals surface area (Å²) in [7, 11) is -17.6. The number of rotatable bonds is 32. The van der Waals surface area contributed by atoms with Gasteiger partial charge in [0.15, 0.2) is 22.8 Å². The van der Waals surface area contributed by atoms with Gasteiger partial charge in [-0.05, 0) is 32.1 Å². The predicted octanol–water partition coefficient (Wildman–Crippen LogP) is 2.06. The fourth-order valence-electron chi connectivity index (χ4n) is 6.08. The number of hydrogen-bond acceptors (Lipinski definition) is 22. The summed E-state index contributed by atoms with van der Waals surface area (Å²) in [5.41, 5.74) is 4.07. The summed E-state index contributed by atoms with van der Waals surface area (Å²) in [5.74, 6) is -1.25. The highest BCUT2D eigenvalue weighted by atomic mass is 32.2. The Kier molecular flexibility index (Phi) is 25.5. The first-order valence-electron chi connectivity index (χ1n) is 21.8. The number of thioether (sulfide) groups is 1. The number of nitrogens with zero attached hydrogens (tertiary/aromatic N) is 4. The van der Waals surface area contributed by atoms with Crippen molar-refractivity contribution >= 4 is 69.1 Å². The normalized spacial score (nSPS) is 20.4. The maximum Gasteiger partial charge on any atom is 0.274 e. The van der Waals surface area contributed by atoms with E-state index in [1.165, 1.54) is 33.1 Å². The van der Waals surface area contributed by atoms with E-state index < -0.39 is 84.6 Å². The number of allylic oxidation sites excluding steroid dienone is 10. The number of phosphoric acid groups is 3. The average molecular weight is 1050 g/mol. The third kappa shape index (κ3) is 22.5. The second-order valence-corrected chi connectivity index (χ2v) is 21.1. The van der Waals surface area contributed by atoms with Crippen LogP contribution in [-0.4, -0.2) is 103 Å². The summed E-state index contributed by atoms with van der Waals surface area (Å²) in [6, 6.07) is 0. The first kappa shape index (κ1) is 59.6. The van der Waals surface area contributed by atoms with Gasteiger partial charge < -0.3 is 69.0 Å². The number of fused-ring (bicyclic) bond motifs is 1. The van der Waals surface area contributed by atoms with E-state index in [9.17, 15) is 57.9 Å². The molecule has 2 unspecified atom stereocenters. The molecule has 386 valence electrons. The highest BCUT2D eigenvalue weighted by Crippen LogP contribution is 2.56. The molecule has 0 aromatic carbocycles. The lowest BCUT2D eigenvalue weighted by atomic mass is 9.87. The van der Waals surface area contributed by atoms with Crippen LogP contribution in [0.1, 0.15) is 84.8 Å². The van der Waals surface area contributed by atoms with Gasteiger partial charge in [0.25, 0.3) is 15.6 Å². The number of nitrogens with two attached hydrogens (primary N) is 1. The Morgan fingerprint density at radius 3 is 2.26 bits per heavy atom. The number of carbonyl (C=O) groups excluding carboxylic acids is 3. The van der Waals surface area contributed by atoms with Crippen molar-refractivity contribution in [1.29, 1.82) is 0 Å². The number of imidazole rings is 1. The topological polar surface area (TPSA) is 375 Å². The molecule has 6 N–H and O–H groups in total. The first-order chi connectivity index (χ1) is 32.6. The summed E-state index contributed by atoms with van der Waals surface area (Å²) >= 11 is 1.05. The maximum atomic E-state index is 12.6. The summed E-state index contributed by atoms with van der Waals surface area (Å²) in [4.78, 5) is 96.7. The van der Waals surface area contributed by atoms with Crippen molar-refractivity contribution in [3.05, 3.63) is 73.4 Å². The van der Waals surface area contributed by atoms with Crippen LogP contribution in [0.2, 0.25) is 0 Å². The number of aromatic nitrogens is 4. The van der Waals surface area contributed by atoms with Crippen molar-refractivity contribution in [3.63, 3.8) is 0 Å². The Morgan fingerprint density at radius 1 is 0.928 bits per heavy atom. The van der Waals surface area contributed by atoms with Crippen LogP contribution in [0.3, 0.4) is 0 Å². The van der Waals surface area contributed by atoms with Gasteiger partial charge in [-0.25, -0.2) is 19.3 Å². The number of hydrogen-bond donors (Lipinski definition) is 5. The molecule has 0 bridgehead atoms. The largest absolute Gasteiger partial charge is 0.790 e. The smallest absolute Gasteiger partial charge is 0.274 e. The van der Waals surface area contributed by atoms with Gasteiger partial charge in [-0.2, -0.15) is 0 Å². The van der Waals surface area contributed by atoms with Crippen LogP contribution in [0.25, 0.3) is 11.2 Å². The Labute approximate surface area is 404 Å². The summed E-state index contributed by atoms with van der Waals surface area (Å²) in [5, 5.41) is 26.3. The van der Waals surface area contributed by atoms with Crippen LogP contribution in [0.5, 0.6) is 0 Å². The molecule has 28 heteroatoms. The minimum absolute atomic E-state index is 0.0229. The third-order valence-electron chi connectivity index (χ3n) is 9.70. The van der Waals surface area contributed by atoms with Gasteiger partial charge in [0, 0.05) is 37.1 Å². The summed E-state index contributed by atoms with van der Waals surface area (Å²) in [6.45, 7) is 2.26. The van der Waals surface area contributed by atoms with Crippen LogP contribution in [0, 0.1) is 5.41 Å². The van der Waals surface area contributed by atoms with Gasteiger partial charge in [0.1, 0.15) is 36.3 Å². The highest BCUT2D eigenvalue weighted by Gasteiger charge is 2.47. The van der Waals surface area contributed by atoms with Gasteiger partial charge in [-0.1, -0.05) is 106 Å². The van der Waals surface area contributed by atoms with Crippen LogP contribution in [0.15, 0.2) is 73.4 Å². The van der Waals surface area contributed by atoms with Gasteiger partial charge in [0.05, 0.1) is 27.4 Å². The van der Waals surface area contributed by atoms with E-state index in [0.29, 0.717) is 5.75 Å². The van der Waals surface area contributed by atoms with E-state index >= 15 is 0 Å². The molecule has 7 atom stereocenters. The Balaban J connectivity index is 1.32. The van der Waals surface area contributed by atoms with Gasteiger partial charge >= 0.3 is 0 Å². The molecule has 0 radical (unpaired) electrons. The predicted molar refractivity (Wildman–Crippen MR) is 247 cm³/mol. The number of aliphatic hydroxyl groups excluding tert-OH is 2. The molecule has 1 saturated heterocycles. The molecule has 3 heterocycles. The zero-order chi connectivity index (χ0) is 51.1. The lowest BCUT2D eigenvalue weighted by molar-refractivity contribution is -0.347. The maximum absolute atomic E-state index is 12.6.